The molecule has 0 fully saturated rings. The Balaban J connectivity index is 1.69. The van der Waals surface area contributed by atoms with E-state index in [0.29, 0.717) is 11.3 Å². The van der Waals surface area contributed by atoms with Crippen molar-refractivity contribution in [1.29, 1.82) is 0 Å². The number of ether oxygens (including phenoxy) is 2. The van der Waals surface area contributed by atoms with Crippen molar-refractivity contribution in [3.05, 3.63) is 68.9 Å². The van der Waals surface area contributed by atoms with Gasteiger partial charge in [-0.1, -0.05) is 36.8 Å². The van der Waals surface area contributed by atoms with Crippen LogP contribution in [0.2, 0.25) is 0 Å². The minimum absolute atomic E-state index is 0.125. The summed E-state index contributed by atoms with van der Waals surface area (Å²) in [6, 6.07) is 11.2. The maximum atomic E-state index is 11.9. The molecule has 0 aliphatic carbocycles. The fourth-order valence-corrected chi connectivity index (χ4v) is 4.21. The van der Waals surface area contributed by atoms with Crippen LogP contribution in [0.3, 0.4) is 0 Å². The van der Waals surface area contributed by atoms with Gasteiger partial charge in [-0.2, -0.15) is 5.10 Å². The summed E-state index contributed by atoms with van der Waals surface area (Å²) in [5.41, 5.74) is 5.46. The quantitative estimate of drug-likeness (QED) is 0.408. The smallest absolute Gasteiger partial charge is 0.315 e. The van der Waals surface area contributed by atoms with Gasteiger partial charge in [-0.05, 0) is 31.5 Å². The third-order valence-electron chi connectivity index (χ3n) is 5.74. The molecule has 0 bridgehead atoms. The number of fused-ring (bicyclic) bond motifs is 1. The summed E-state index contributed by atoms with van der Waals surface area (Å²) in [5.74, 6) is 0.444. The first kappa shape index (κ1) is 21.8. The van der Waals surface area contributed by atoms with Gasteiger partial charge >= 0.3 is 5.69 Å². The fraction of sp³-hybridized carbons (Fsp3) is 0.375. The molecule has 0 amide bonds. The van der Waals surface area contributed by atoms with E-state index in [1.807, 2.05) is 31.2 Å². The predicted octanol–water partition coefficient (Wildman–Crippen LogP) is 4.65. The molecule has 1 aliphatic heterocycles. The molecular formula is C24H28N4O4. The zero-order valence-electron chi connectivity index (χ0n) is 18.7. The van der Waals surface area contributed by atoms with E-state index in [0.717, 1.165) is 60.6 Å². The molecule has 3 aromatic rings. The van der Waals surface area contributed by atoms with Gasteiger partial charge in [-0.15, -0.1) is 0 Å². The number of H-pyrrole nitrogens is 1. The van der Waals surface area contributed by atoms with Gasteiger partial charge in [0.05, 0.1) is 17.7 Å². The first-order valence-corrected chi connectivity index (χ1v) is 10.8. The van der Waals surface area contributed by atoms with E-state index in [4.69, 9.17) is 9.47 Å². The maximum Gasteiger partial charge on any atom is 0.315 e. The molecule has 0 saturated heterocycles. The summed E-state index contributed by atoms with van der Waals surface area (Å²) in [7, 11) is 1.49. The molecule has 2 heterocycles. The van der Waals surface area contributed by atoms with Gasteiger partial charge in [-0.25, -0.2) is 0 Å². The predicted molar refractivity (Wildman–Crippen MR) is 122 cm³/mol. The Hall–Kier alpha value is -3.39. The van der Waals surface area contributed by atoms with Gasteiger partial charge in [-0.3, -0.25) is 20.1 Å². The highest BCUT2D eigenvalue weighted by Gasteiger charge is 2.27. The Bertz CT molecular complexity index is 1130. The molecule has 0 unspecified atom stereocenters. The van der Waals surface area contributed by atoms with Gasteiger partial charge in [0, 0.05) is 42.4 Å². The number of benzene rings is 2. The molecule has 8 nitrogen and oxygen atoms in total. The molecule has 1 N–H and O–H groups in total. The highest BCUT2D eigenvalue weighted by Crippen LogP contribution is 2.42. The number of nitro benzene ring substituents is 1. The van der Waals surface area contributed by atoms with E-state index in [2.05, 4.69) is 22.0 Å². The average molecular weight is 437 g/mol. The molecule has 1 aliphatic rings. The lowest BCUT2D eigenvalue weighted by molar-refractivity contribution is -0.386. The number of methoxy groups -OCH3 is 1. The first-order valence-electron chi connectivity index (χ1n) is 10.8. The Morgan fingerprint density at radius 3 is 2.84 bits per heavy atom. The number of aromatic amines is 1. The van der Waals surface area contributed by atoms with Crippen molar-refractivity contribution in [2.24, 2.45) is 0 Å². The molecule has 0 saturated carbocycles. The summed E-state index contributed by atoms with van der Waals surface area (Å²) in [6.07, 6.45) is 1.97. The monoisotopic (exact) mass is 436 g/mol. The summed E-state index contributed by atoms with van der Waals surface area (Å²) in [6.45, 7) is 7.14. The lowest BCUT2D eigenvalue weighted by Crippen LogP contribution is -2.31. The number of hydrogen-bond donors (Lipinski definition) is 1. The molecule has 1 aromatic heterocycles. The van der Waals surface area contributed by atoms with Crippen LogP contribution < -0.4 is 9.47 Å². The lowest BCUT2D eigenvalue weighted by Gasteiger charge is -2.26. The standard InChI is InChI=1S/C24H28N4O4/c1-4-9-27-10-8-20-19(14-27)23(26-25-20)18-12-21(28(29)30)24(22(13-18)31-3)32-15-17-7-5-6-16(2)11-17/h5-7,11-13H,4,8-10,14-15H2,1-3H3,(H,25,26). The van der Waals surface area contributed by atoms with Crippen LogP contribution in [0.25, 0.3) is 11.3 Å². The van der Waals surface area contributed by atoms with Crippen molar-refractivity contribution < 1.29 is 14.4 Å². The van der Waals surface area contributed by atoms with E-state index in [1.165, 1.54) is 13.2 Å². The number of nitro groups is 1. The largest absolute Gasteiger partial charge is 0.493 e. The van der Waals surface area contributed by atoms with Crippen molar-refractivity contribution in [2.75, 3.05) is 20.2 Å². The molecule has 32 heavy (non-hydrogen) atoms. The van der Waals surface area contributed by atoms with E-state index in [-0.39, 0.29) is 18.0 Å². The topological polar surface area (TPSA) is 93.5 Å². The summed E-state index contributed by atoms with van der Waals surface area (Å²) in [5, 5.41) is 19.6. The molecule has 0 spiro atoms. The zero-order valence-corrected chi connectivity index (χ0v) is 18.7. The van der Waals surface area contributed by atoms with Crippen LogP contribution in [0.4, 0.5) is 5.69 Å². The zero-order chi connectivity index (χ0) is 22.7. The number of nitrogens with zero attached hydrogens (tertiary/aromatic N) is 3. The molecule has 0 radical (unpaired) electrons. The highest BCUT2D eigenvalue weighted by atomic mass is 16.6. The number of nitrogens with one attached hydrogen (secondary N) is 1. The van der Waals surface area contributed by atoms with Crippen LogP contribution in [0.15, 0.2) is 36.4 Å². The van der Waals surface area contributed by atoms with Crippen LogP contribution in [0, 0.1) is 17.0 Å². The number of hydrogen-bond acceptors (Lipinski definition) is 6. The molecule has 168 valence electrons. The Labute approximate surface area is 187 Å². The third-order valence-corrected chi connectivity index (χ3v) is 5.74. The van der Waals surface area contributed by atoms with Crippen LogP contribution >= 0.6 is 0 Å². The minimum atomic E-state index is -0.430. The van der Waals surface area contributed by atoms with Crippen LogP contribution in [0.5, 0.6) is 11.5 Å². The van der Waals surface area contributed by atoms with Crippen molar-refractivity contribution in [2.45, 2.75) is 39.8 Å². The van der Waals surface area contributed by atoms with Crippen molar-refractivity contribution in [3.8, 4) is 22.8 Å². The number of aromatic nitrogens is 2. The first-order chi connectivity index (χ1) is 15.5. The Morgan fingerprint density at radius 2 is 2.12 bits per heavy atom. The summed E-state index contributed by atoms with van der Waals surface area (Å²) >= 11 is 0. The van der Waals surface area contributed by atoms with E-state index >= 15 is 0 Å². The van der Waals surface area contributed by atoms with Gasteiger partial charge in [0.25, 0.3) is 0 Å². The number of rotatable bonds is 8. The van der Waals surface area contributed by atoms with E-state index in [9.17, 15) is 10.1 Å². The Morgan fingerprint density at radius 1 is 1.28 bits per heavy atom. The van der Waals surface area contributed by atoms with E-state index in [1.54, 1.807) is 6.07 Å². The van der Waals surface area contributed by atoms with Crippen molar-refractivity contribution in [1.82, 2.24) is 15.1 Å². The Kier molecular flexibility index (Phi) is 6.41. The highest BCUT2D eigenvalue weighted by molar-refractivity contribution is 5.73. The summed E-state index contributed by atoms with van der Waals surface area (Å²) in [4.78, 5) is 13.9. The van der Waals surface area contributed by atoms with Gasteiger partial charge in [0.1, 0.15) is 6.61 Å². The molecule has 8 heteroatoms. The lowest BCUT2D eigenvalue weighted by atomic mass is 10.00. The molecule has 2 aromatic carbocycles. The van der Waals surface area contributed by atoms with Crippen LogP contribution in [-0.4, -0.2) is 40.2 Å². The fourth-order valence-electron chi connectivity index (χ4n) is 4.21. The third kappa shape index (κ3) is 4.45. The average Bonchev–Trinajstić information content (AvgIpc) is 3.20. The maximum absolute atomic E-state index is 11.9. The number of aryl methyl sites for hydroxylation is 1. The SMILES string of the molecule is CCCN1CCc2[nH]nc(-c3cc(OC)c(OCc4cccc(C)c4)c([N+](=O)[O-])c3)c2C1. The molecule has 0 atom stereocenters. The van der Waals surface area contributed by atoms with Gasteiger partial charge in [0.15, 0.2) is 5.75 Å². The van der Waals surface area contributed by atoms with Gasteiger partial charge in [0.2, 0.25) is 5.75 Å². The van der Waals surface area contributed by atoms with Crippen molar-refractivity contribution in [3.63, 3.8) is 0 Å². The second-order valence-electron chi connectivity index (χ2n) is 8.12. The second kappa shape index (κ2) is 9.40. The van der Waals surface area contributed by atoms with Crippen LogP contribution in [0.1, 0.15) is 35.7 Å². The van der Waals surface area contributed by atoms with E-state index < -0.39 is 4.92 Å². The molecular weight excluding hydrogens is 408 g/mol. The second-order valence-corrected chi connectivity index (χ2v) is 8.12. The summed E-state index contributed by atoms with van der Waals surface area (Å²) < 4.78 is 11.4. The normalized spacial score (nSPS) is 13.6. The minimum Gasteiger partial charge on any atom is -0.493 e. The molecule has 4 rings (SSSR count). The van der Waals surface area contributed by atoms with Crippen LogP contribution in [-0.2, 0) is 19.6 Å². The van der Waals surface area contributed by atoms with Gasteiger partial charge < -0.3 is 9.47 Å². The van der Waals surface area contributed by atoms with Crippen molar-refractivity contribution >= 4 is 5.69 Å².